The summed E-state index contributed by atoms with van der Waals surface area (Å²) in [6, 6.07) is 1.81. The van der Waals surface area contributed by atoms with Gasteiger partial charge in [-0.1, -0.05) is 0 Å². The van der Waals surface area contributed by atoms with Crippen molar-refractivity contribution in [1.29, 1.82) is 0 Å². The van der Waals surface area contributed by atoms with Crippen molar-refractivity contribution in [3.63, 3.8) is 0 Å². The van der Waals surface area contributed by atoms with Crippen LogP contribution < -0.4 is 15.5 Å². The average molecular weight is 331 g/mol. The minimum Gasteiger partial charge on any atom is -0.391 e. The third-order valence-corrected chi connectivity index (χ3v) is 3.99. The lowest BCUT2D eigenvalue weighted by molar-refractivity contribution is 0.0954. The van der Waals surface area contributed by atoms with Gasteiger partial charge in [0.15, 0.2) is 0 Å². The zero-order chi connectivity index (χ0) is 17.1. The van der Waals surface area contributed by atoms with Crippen molar-refractivity contribution in [2.45, 2.75) is 18.9 Å². The third kappa shape index (κ3) is 3.30. The number of carbonyl (C=O) groups is 1. The predicted octanol–water partition coefficient (Wildman–Crippen LogP) is 0.274. The van der Waals surface area contributed by atoms with Crippen LogP contribution in [-0.2, 0) is 7.05 Å². The Hall–Kier alpha value is -2.68. The summed E-state index contributed by atoms with van der Waals surface area (Å²) >= 11 is 0. The van der Waals surface area contributed by atoms with Gasteiger partial charge in [-0.3, -0.25) is 9.48 Å². The van der Waals surface area contributed by atoms with Gasteiger partial charge in [-0.15, -0.1) is 0 Å². The first-order valence-corrected chi connectivity index (χ1v) is 7.85. The summed E-state index contributed by atoms with van der Waals surface area (Å²) in [5, 5.41) is 19.5. The number of nitrogens with one attached hydrogen (secondary N) is 2. The van der Waals surface area contributed by atoms with E-state index in [1.54, 1.807) is 26.5 Å². The number of aliphatic hydroxyl groups is 1. The molecule has 9 nitrogen and oxygen atoms in total. The number of β-amino-alcohol motifs (C(OH)–C–C–N with tert-alkyl or cyclic N) is 1. The molecule has 1 aliphatic heterocycles. The molecule has 0 saturated carbocycles. The van der Waals surface area contributed by atoms with Gasteiger partial charge in [0.05, 0.1) is 18.0 Å². The predicted molar refractivity (Wildman–Crippen MR) is 89.4 cm³/mol. The van der Waals surface area contributed by atoms with Crippen molar-refractivity contribution < 1.29 is 9.90 Å². The Kier molecular flexibility index (Phi) is 4.61. The van der Waals surface area contributed by atoms with E-state index < -0.39 is 0 Å². The van der Waals surface area contributed by atoms with Gasteiger partial charge in [0.2, 0.25) is 5.95 Å². The Morgan fingerprint density at radius 3 is 3.04 bits per heavy atom. The van der Waals surface area contributed by atoms with Crippen LogP contribution in [0.4, 0.5) is 17.5 Å². The van der Waals surface area contributed by atoms with Crippen LogP contribution in [0.2, 0.25) is 0 Å². The highest BCUT2D eigenvalue weighted by atomic mass is 16.3. The first-order chi connectivity index (χ1) is 11.6. The van der Waals surface area contributed by atoms with Gasteiger partial charge in [-0.05, 0) is 18.9 Å². The van der Waals surface area contributed by atoms with Gasteiger partial charge >= 0.3 is 0 Å². The minimum absolute atomic E-state index is 0.243. The molecule has 1 unspecified atom stereocenters. The summed E-state index contributed by atoms with van der Waals surface area (Å²) in [4.78, 5) is 22.7. The van der Waals surface area contributed by atoms with Gasteiger partial charge in [0, 0.05) is 33.4 Å². The van der Waals surface area contributed by atoms with Gasteiger partial charge < -0.3 is 20.6 Å². The molecule has 9 heteroatoms. The largest absolute Gasteiger partial charge is 0.391 e. The van der Waals surface area contributed by atoms with Crippen molar-refractivity contribution in [3.8, 4) is 0 Å². The van der Waals surface area contributed by atoms with E-state index in [1.807, 2.05) is 11.0 Å². The Bertz CT molecular complexity index is 730. The number of aromatic nitrogens is 4. The lowest BCUT2D eigenvalue weighted by Crippen LogP contribution is -2.38. The average Bonchev–Trinajstić information content (AvgIpc) is 2.95. The van der Waals surface area contributed by atoms with E-state index in [0.29, 0.717) is 23.9 Å². The highest BCUT2D eigenvalue weighted by Crippen LogP contribution is 2.21. The molecule has 3 heterocycles. The normalized spacial score (nSPS) is 17.6. The van der Waals surface area contributed by atoms with Crippen molar-refractivity contribution in [1.82, 2.24) is 25.1 Å². The number of aliphatic hydroxyl groups excluding tert-OH is 1. The van der Waals surface area contributed by atoms with Crippen LogP contribution in [0.1, 0.15) is 23.3 Å². The maximum atomic E-state index is 12.0. The van der Waals surface area contributed by atoms with Crippen LogP contribution in [0.5, 0.6) is 0 Å². The fourth-order valence-corrected chi connectivity index (χ4v) is 2.79. The molecule has 1 fully saturated rings. The maximum absolute atomic E-state index is 12.0. The first-order valence-electron chi connectivity index (χ1n) is 7.85. The number of hydrogen-bond donors (Lipinski definition) is 3. The van der Waals surface area contributed by atoms with E-state index in [9.17, 15) is 9.90 Å². The van der Waals surface area contributed by atoms with Gasteiger partial charge in [0.25, 0.3) is 5.91 Å². The summed E-state index contributed by atoms with van der Waals surface area (Å²) in [5.41, 5.74) is 0.938. The Labute approximate surface area is 139 Å². The molecule has 0 spiro atoms. The van der Waals surface area contributed by atoms with Crippen LogP contribution in [0.25, 0.3) is 0 Å². The van der Waals surface area contributed by atoms with E-state index in [0.717, 1.165) is 25.2 Å². The molecular formula is C15H21N7O2. The van der Waals surface area contributed by atoms with Gasteiger partial charge in [0.1, 0.15) is 11.5 Å². The zero-order valence-electron chi connectivity index (χ0n) is 13.7. The van der Waals surface area contributed by atoms with Gasteiger partial charge in [-0.25, -0.2) is 4.98 Å². The van der Waals surface area contributed by atoms with Crippen molar-refractivity contribution in [2.75, 3.05) is 30.4 Å². The second-order valence-electron chi connectivity index (χ2n) is 5.72. The first kappa shape index (κ1) is 16.2. The molecule has 1 saturated heterocycles. The van der Waals surface area contributed by atoms with E-state index in [1.165, 1.54) is 4.68 Å². The number of rotatable bonds is 4. The van der Waals surface area contributed by atoms with Crippen LogP contribution in [-0.4, -0.2) is 57.0 Å². The molecule has 128 valence electrons. The molecule has 1 amide bonds. The second kappa shape index (κ2) is 6.83. The fraction of sp³-hybridized carbons (Fsp3) is 0.467. The molecule has 2 aromatic heterocycles. The molecule has 0 radical (unpaired) electrons. The number of carbonyl (C=O) groups excluding carboxylic acids is 1. The highest BCUT2D eigenvalue weighted by Gasteiger charge is 2.20. The van der Waals surface area contributed by atoms with E-state index >= 15 is 0 Å². The molecule has 1 aliphatic rings. The van der Waals surface area contributed by atoms with Crippen molar-refractivity contribution in [3.05, 3.63) is 24.2 Å². The molecule has 24 heavy (non-hydrogen) atoms. The van der Waals surface area contributed by atoms with Crippen LogP contribution in [0.3, 0.4) is 0 Å². The second-order valence-corrected chi connectivity index (χ2v) is 5.72. The number of piperidine rings is 1. The molecule has 0 aromatic carbocycles. The van der Waals surface area contributed by atoms with Crippen LogP contribution in [0, 0.1) is 0 Å². The Morgan fingerprint density at radius 2 is 2.29 bits per heavy atom. The standard InChI is InChI=1S/C15H21N7O2/c1-16-14(24)13-11(8-18-21(13)2)19-15-17-6-5-12(20-15)22-7-3-4-10(23)9-22/h5-6,8,10,23H,3-4,7,9H2,1-2H3,(H,16,24)(H,17,19,20). The summed E-state index contributed by atoms with van der Waals surface area (Å²) in [5.74, 6) is 0.884. The molecule has 0 aliphatic carbocycles. The molecular weight excluding hydrogens is 310 g/mol. The van der Waals surface area contributed by atoms with Crippen LogP contribution >= 0.6 is 0 Å². The number of anilines is 3. The van der Waals surface area contributed by atoms with E-state index in [-0.39, 0.29) is 12.0 Å². The summed E-state index contributed by atoms with van der Waals surface area (Å²) in [7, 11) is 3.26. The summed E-state index contributed by atoms with van der Waals surface area (Å²) in [6.45, 7) is 1.41. The molecule has 2 aromatic rings. The van der Waals surface area contributed by atoms with Crippen molar-refractivity contribution in [2.24, 2.45) is 7.05 Å². The number of aryl methyl sites for hydroxylation is 1. The Balaban J connectivity index is 1.82. The van der Waals surface area contributed by atoms with E-state index in [2.05, 4.69) is 25.7 Å². The number of nitrogens with zero attached hydrogens (tertiary/aromatic N) is 5. The fourth-order valence-electron chi connectivity index (χ4n) is 2.79. The molecule has 3 rings (SSSR count). The SMILES string of the molecule is CNC(=O)c1c(Nc2nccc(N3CCCC(O)C3)n2)cnn1C. The smallest absolute Gasteiger partial charge is 0.271 e. The highest BCUT2D eigenvalue weighted by molar-refractivity contribution is 5.98. The maximum Gasteiger partial charge on any atom is 0.271 e. The zero-order valence-corrected chi connectivity index (χ0v) is 13.7. The minimum atomic E-state index is -0.330. The van der Waals surface area contributed by atoms with Crippen LogP contribution in [0.15, 0.2) is 18.5 Å². The molecule has 1 atom stereocenters. The number of hydrogen-bond acceptors (Lipinski definition) is 7. The quantitative estimate of drug-likeness (QED) is 0.738. The molecule has 0 bridgehead atoms. The van der Waals surface area contributed by atoms with E-state index in [4.69, 9.17) is 0 Å². The molecule has 3 N–H and O–H groups in total. The monoisotopic (exact) mass is 331 g/mol. The number of amides is 1. The lowest BCUT2D eigenvalue weighted by Gasteiger charge is -2.31. The topological polar surface area (TPSA) is 108 Å². The summed E-state index contributed by atoms with van der Waals surface area (Å²) in [6.07, 6.45) is 4.63. The lowest BCUT2D eigenvalue weighted by atomic mass is 10.1. The van der Waals surface area contributed by atoms with Crippen molar-refractivity contribution >= 4 is 23.4 Å². The summed E-state index contributed by atoms with van der Waals surface area (Å²) < 4.78 is 1.49. The Morgan fingerprint density at radius 1 is 1.46 bits per heavy atom. The van der Waals surface area contributed by atoms with Gasteiger partial charge in [-0.2, -0.15) is 10.1 Å². The third-order valence-electron chi connectivity index (χ3n) is 3.99.